The van der Waals surface area contributed by atoms with E-state index in [-0.39, 0.29) is 0 Å². The van der Waals surface area contributed by atoms with Crippen molar-refractivity contribution in [1.82, 2.24) is 10.6 Å². The topological polar surface area (TPSA) is 70.6 Å². The zero-order valence-electron chi connectivity index (χ0n) is 14.7. The second-order valence-electron chi connectivity index (χ2n) is 6.28. The molecule has 0 spiro atoms. The molecule has 1 aromatic rings. The normalized spacial score (nSPS) is 15.3. The van der Waals surface area contributed by atoms with Gasteiger partial charge in [0.15, 0.2) is 0 Å². The van der Waals surface area contributed by atoms with Gasteiger partial charge in [0.2, 0.25) is 0 Å². The van der Waals surface area contributed by atoms with Gasteiger partial charge in [-0.25, -0.2) is 13.6 Å². The molecule has 0 bridgehead atoms. The molecule has 1 aliphatic rings. The van der Waals surface area contributed by atoms with E-state index >= 15 is 0 Å². The Kier molecular flexibility index (Phi) is 7.15. The smallest absolute Gasteiger partial charge is 0.319 e. The third-order valence-electron chi connectivity index (χ3n) is 3.95. The number of hydrogen-bond acceptors (Lipinski definition) is 3. The fourth-order valence-corrected chi connectivity index (χ4v) is 2.36. The second-order valence-corrected chi connectivity index (χ2v) is 6.28. The molecule has 0 heterocycles. The number of halogens is 2. The summed E-state index contributed by atoms with van der Waals surface area (Å²) in [6.45, 7) is 4.96. The molecule has 1 saturated carbocycles. The van der Waals surface area contributed by atoms with E-state index < -0.39 is 30.3 Å². The number of ether oxygens (including phenoxy) is 1. The molecule has 0 aromatic heterocycles. The van der Waals surface area contributed by atoms with Crippen LogP contribution in [0.25, 0.3) is 0 Å². The van der Waals surface area contributed by atoms with E-state index in [2.05, 4.69) is 17.2 Å². The molecule has 2 amide bonds. The summed E-state index contributed by atoms with van der Waals surface area (Å²) in [7, 11) is 0. The molecular formula is C19H24F2N2O3. The van der Waals surface area contributed by atoms with Crippen LogP contribution in [0.5, 0.6) is 5.75 Å². The first kappa shape index (κ1) is 19.9. The van der Waals surface area contributed by atoms with Crippen LogP contribution in [-0.4, -0.2) is 24.4 Å². The number of benzene rings is 1. The molecule has 5 nitrogen and oxygen atoms in total. The molecule has 142 valence electrons. The van der Waals surface area contributed by atoms with Crippen LogP contribution in [-0.2, 0) is 0 Å². The van der Waals surface area contributed by atoms with Crippen LogP contribution in [0, 0.1) is 11.7 Å². The Morgan fingerprint density at radius 1 is 1.46 bits per heavy atom. The van der Waals surface area contributed by atoms with E-state index in [4.69, 9.17) is 4.74 Å². The molecule has 2 rings (SSSR count). The molecule has 1 atom stereocenters. The summed E-state index contributed by atoms with van der Waals surface area (Å²) < 4.78 is 32.3. The maximum Gasteiger partial charge on any atom is 0.319 e. The Morgan fingerprint density at radius 3 is 2.77 bits per heavy atom. The quantitative estimate of drug-likeness (QED) is 0.583. The van der Waals surface area contributed by atoms with Gasteiger partial charge >= 0.3 is 6.03 Å². The lowest BCUT2D eigenvalue weighted by molar-refractivity contribution is 0.218. The van der Waals surface area contributed by atoms with Gasteiger partial charge in [0.1, 0.15) is 17.4 Å². The number of carbonyl (C=O) groups is 1. The Morgan fingerprint density at radius 2 is 2.19 bits per heavy atom. The Balaban J connectivity index is 2.04. The van der Waals surface area contributed by atoms with Gasteiger partial charge in [-0.1, -0.05) is 13.5 Å². The highest BCUT2D eigenvalue weighted by Gasteiger charge is 2.22. The molecule has 0 radical (unpaired) electrons. The first-order valence-electron chi connectivity index (χ1n) is 8.58. The van der Waals surface area contributed by atoms with Gasteiger partial charge in [-0.2, -0.15) is 0 Å². The van der Waals surface area contributed by atoms with E-state index in [1.807, 2.05) is 0 Å². The molecule has 0 unspecified atom stereocenters. The van der Waals surface area contributed by atoms with Crippen molar-refractivity contribution < 1.29 is 23.4 Å². The number of allylic oxidation sites excluding steroid dienone is 3. The second kappa shape index (κ2) is 9.33. The molecule has 7 heteroatoms. The van der Waals surface area contributed by atoms with Crippen molar-refractivity contribution in [3.63, 3.8) is 0 Å². The lowest BCUT2D eigenvalue weighted by Gasteiger charge is -2.19. The zero-order valence-corrected chi connectivity index (χ0v) is 14.7. The number of carbonyl (C=O) groups excluding carboxylic acids is 1. The largest absolute Gasteiger partial charge is 0.493 e. The highest BCUT2D eigenvalue weighted by molar-refractivity contribution is 5.76. The Hall–Kier alpha value is -2.41. The van der Waals surface area contributed by atoms with Gasteiger partial charge in [-0.3, -0.25) is 0 Å². The molecule has 0 saturated heterocycles. The summed E-state index contributed by atoms with van der Waals surface area (Å²) in [6, 6.07) is 2.62. The predicted molar refractivity (Wildman–Crippen MR) is 94.7 cm³/mol. The number of aliphatic hydroxyl groups is 1. The third kappa shape index (κ3) is 6.48. The standard InChI is InChI=1S/C19H24F2N2O3/c1-3-16(6-12(2)20)22-19(25)23-18(10-24)14-7-15(21)9-17(8-14)26-11-13-4-5-13/h6-9,13,18,24H,2-5,10-11H2,1H3,(H2,22,23,25)/b16-6+/t18-/m1/s1. The van der Waals surface area contributed by atoms with E-state index in [9.17, 15) is 18.7 Å². The van der Waals surface area contributed by atoms with Crippen molar-refractivity contribution in [1.29, 1.82) is 0 Å². The molecule has 1 aliphatic carbocycles. The number of amides is 2. The number of nitrogens with one attached hydrogen (secondary N) is 2. The molecule has 26 heavy (non-hydrogen) atoms. The van der Waals surface area contributed by atoms with Crippen LogP contribution in [0.4, 0.5) is 13.6 Å². The van der Waals surface area contributed by atoms with Gasteiger partial charge in [0.05, 0.1) is 19.3 Å². The minimum atomic E-state index is -0.833. The lowest BCUT2D eigenvalue weighted by atomic mass is 10.1. The van der Waals surface area contributed by atoms with Gasteiger partial charge < -0.3 is 20.5 Å². The average Bonchev–Trinajstić information content (AvgIpc) is 3.40. The summed E-state index contributed by atoms with van der Waals surface area (Å²) >= 11 is 0. The lowest BCUT2D eigenvalue weighted by Crippen LogP contribution is -2.38. The molecule has 1 aromatic carbocycles. The number of hydrogen-bond donors (Lipinski definition) is 3. The monoisotopic (exact) mass is 366 g/mol. The van der Waals surface area contributed by atoms with Gasteiger partial charge in [0.25, 0.3) is 0 Å². The van der Waals surface area contributed by atoms with Crippen LogP contribution in [0.1, 0.15) is 37.8 Å². The van der Waals surface area contributed by atoms with Crippen molar-refractivity contribution in [2.75, 3.05) is 13.2 Å². The molecule has 1 fully saturated rings. The molecule has 0 aliphatic heterocycles. The zero-order chi connectivity index (χ0) is 19.1. The van der Waals surface area contributed by atoms with Crippen molar-refractivity contribution in [2.45, 2.75) is 32.2 Å². The minimum absolute atomic E-state index is 0.333. The third-order valence-corrected chi connectivity index (χ3v) is 3.95. The summed E-state index contributed by atoms with van der Waals surface area (Å²) in [5, 5.41) is 14.6. The van der Waals surface area contributed by atoms with Crippen molar-refractivity contribution in [3.8, 4) is 5.75 Å². The maximum absolute atomic E-state index is 13.9. The van der Waals surface area contributed by atoms with Gasteiger partial charge in [0, 0.05) is 11.8 Å². The minimum Gasteiger partial charge on any atom is -0.493 e. The van der Waals surface area contributed by atoms with Crippen molar-refractivity contribution in [3.05, 3.63) is 53.8 Å². The van der Waals surface area contributed by atoms with Crippen LogP contribution < -0.4 is 15.4 Å². The highest BCUT2D eigenvalue weighted by atomic mass is 19.1. The summed E-state index contributed by atoms with van der Waals surface area (Å²) in [4.78, 5) is 12.1. The number of rotatable bonds is 9. The predicted octanol–water partition coefficient (Wildman–Crippen LogP) is 3.72. The molecular weight excluding hydrogens is 342 g/mol. The van der Waals surface area contributed by atoms with Crippen LogP contribution in [0.15, 0.2) is 42.4 Å². The summed E-state index contributed by atoms with van der Waals surface area (Å²) in [5.74, 6) is -0.320. The maximum atomic E-state index is 13.9. The first-order chi connectivity index (χ1) is 12.4. The average molecular weight is 366 g/mol. The summed E-state index contributed by atoms with van der Waals surface area (Å²) in [5.41, 5.74) is 0.713. The first-order valence-corrected chi connectivity index (χ1v) is 8.58. The number of urea groups is 1. The van der Waals surface area contributed by atoms with Crippen LogP contribution >= 0.6 is 0 Å². The van der Waals surface area contributed by atoms with Crippen molar-refractivity contribution >= 4 is 6.03 Å². The van der Waals surface area contributed by atoms with E-state index in [0.717, 1.165) is 18.9 Å². The van der Waals surface area contributed by atoms with Crippen molar-refractivity contribution in [2.24, 2.45) is 5.92 Å². The van der Waals surface area contributed by atoms with E-state index in [1.165, 1.54) is 12.1 Å². The molecule has 3 N–H and O–H groups in total. The van der Waals surface area contributed by atoms with Crippen LogP contribution in [0.3, 0.4) is 0 Å². The summed E-state index contributed by atoms with van der Waals surface area (Å²) in [6.07, 6.45) is 3.72. The van der Waals surface area contributed by atoms with Gasteiger partial charge in [-0.15, -0.1) is 0 Å². The Labute approximate surface area is 151 Å². The number of aliphatic hydroxyl groups excluding tert-OH is 1. The van der Waals surface area contributed by atoms with Gasteiger partial charge in [-0.05, 0) is 49.0 Å². The van der Waals surface area contributed by atoms with E-state index in [0.29, 0.717) is 36.0 Å². The van der Waals surface area contributed by atoms with E-state index in [1.54, 1.807) is 13.0 Å². The van der Waals surface area contributed by atoms with Crippen LogP contribution in [0.2, 0.25) is 0 Å². The fourth-order valence-electron chi connectivity index (χ4n) is 2.36. The SMILES string of the molecule is C=C(F)/C=C(\CC)NC(=O)N[C@H](CO)c1cc(F)cc(OCC2CC2)c1. The Bertz CT molecular complexity index is 687. The highest BCUT2D eigenvalue weighted by Crippen LogP contribution is 2.30. The fraction of sp³-hybridized carbons (Fsp3) is 0.421.